The molecule has 0 radical (unpaired) electrons. The van der Waals surface area contributed by atoms with Crippen LogP contribution < -0.4 is 5.73 Å². The molecule has 3 N–H and O–H groups in total. The summed E-state index contributed by atoms with van der Waals surface area (Å²) in [7, 11) is 0. The smallest absolute Gasteiger partial charge is 0.304 e. The number of rotatable bonds is 4. The average Bonchev–Trinajstić information content (AvgIpc) is 2.18. The van der Waals surface area contributed by atoms with Crippen LogP contribution in [0.1, 0.15) is 23.1 Å². The van der Waals surface area contributed by atoms with E-state index >= 15 is 0 Å². The van der Waals surface area contributed by atoms with Crippen molar-refractivity contribution < 1.29 is 14.6 Å². The van der Waals surface area contributed by atoms with Gasteiger partial charge in [-0.25, -0.2) is 0 Å². The lowest BCUT2D eigenvalue weighted by molar-refractivity contribution is -0.140. The van der Waals surface area contributed by atoms with E-state index in [1.807, 2.05) is 19.9 Å². The lowest BCUT2D eigenvalue weighted by Gasteiger charge is -2.46. The van der Waals surface area contributed by atoms with Crippen LogP contribution in [-0.2, 0) is 14.9 Å². The van der Waals surface area contributed by atoms with Crippen LogP contribution >= 0.6 is 0 Å². The predicted molar refractivity (Wildman–Crippen MR) is 68.6 cm³/mol. The van der Waals surface area contributed by atoms with Gasteiger partial charge in [-0.2, -0.15) is 0 Å². The molecule has 1 aromatic carbocycles. The Kier molecular flexibility index (Phi) is 3.41. The Bertz CT molecular complexity index is 466. The van der Waals surface area contributed by atoms with Gasteiger partial charge in [0.2, 0.25) is 0 Å². The topological polar surface area (TPSA) is 72.6 Å². The Morgan fingerprint density at radius 2 is 2.17 bits per heavy atom. The summed E-state index contributed by atoms with van der Waals surface area (Å²) in [5.41, 5.74) is 9.22. The number of ether oxygens (including phenoxy) is 1. The molecule has 0 saturated carbocycles. The summed E-state index contributed by atoms with van der Waals surface area (Å²) in [6.07, 6.45) is -0.0311. The third-order valence-corrected chi connectivity index (χ3v) is 3.74. The van der Waals surface area contributed by atoms with Gasteiger partial charge in [-0.1, -0.05) is 23.8 Å². The fourth-order valence-corrected chi connectivity index (χ4v) is 2.65. The number of aryl methyl sites for hydroxylation is 2. The maximum atomic E-state index is 10.8. The molecule has 0 amide bonds. The molecule has 1 aliphatic rings. The van der Waals surface area contributed by atoms with E-state index in [1.165, 1.54) is 5.56 Å². The molecule has 0 spiro atoms. The zero-order valence-electron chi connectivity index (χ0n) is 10.8. The maximum absolute atomic E-state index is 10.8. The molecule has 98 valence electrons. The van der Waals surface area contributed by atoms with Crippen molar-refractivity contribution in [2.75, 3.05) is 13.2 Å². The third-order valence-electron chi connectivity index (χ3n) is 3.74. The Morgan fingerprint density at radius 1 is 1.50 bits per heavy atom. The van der Waals surface area contributed by atoms with Gasteiger partial charge >= 0.3 is 5.97 Å². The molecule has 0 bridgehead atoms. The summed E-state index contributed by atoms with van der Waals surface area (Å²) in [6.45, 7) is 5.09. The molecule has 18 heavy (non-hydrogen) atoms. The summed E-state index contributed by atoms with van der Waals surface area (Å²) in [5, 5.41) is 8.91. The minimum atomic E-state index is -0.862. The average molecular weight is 249 g/mol. The standard InChI is InChI=1S/C14H19NO3/c1-9-3-4-11(10(2)5-9)14(7-18-8-14)12(15)6-13(16)17/h3-5,12H,6-8,15H2,1-2H3,(H,16,17). The highest BCUT2D eigenvalue weighted by molar-refractivity contribution is 5.68. The highest BCUT2D eigenvalue weighted by Crippen LogP contribution is 2.38. The largest absolute Gasteiger partial charge is 0.481 e. The van der Waals surface area contributed by atoms with E-state index in [0.717, 1.165) is 11.1 Å². The first kappa shape index (κ1) is 13.1. The van der Waals surface area contributed by atoms with Crippen LogP contribution in [0.2, 0.25) is 0 Å². The molecule has 0 aliphatic carbocycles. The van der Waals surface area contributed by atoms with E-state index in [0.29, 0.717) is 13.2 Å². The van der Waals surface area contributed by atoms with Gasteiger partial charge in [0.1, 0.15) is 0 Å². The van der Waals surface area contributed by atoms with Crippen LogP contribution in [0.3, 0.4) is 0 Å². The van der Waals surface area contributed by atoms with Crippen molar-refractivity contribution in [2.45, 2.75) is 31.7 Å². The van der Waals surface area contributed by atoms with Crippen molar-refractivity contribution in [1.82, 2.24) is 0 Å². The molecule has 1 saturated heterocycles. The monoisotopic (exact) mass is 249 g/mol. The number of benzene rings is 1. The van der Waals surface area contributed by atoms with Crippen molar-refractivity contribution in [3.63, 3.8) is 0 Å². The second-order valence-corrected chi connectivity index (χ2v) is 5.17. The van der Waals surface area contributed by atoms with Crippen LogP contribution in [-0.4, -0.2) is 30.3 Å². The van der Waals surface area contributed by atoms with Crippen LogP contribution in [0.25, 0.3) is 0 Å². The highest BCUT2D eigenvalue weighted by atomic mass is 16.5. The van der Waals surface area contributed by atoms with Gasteiger partial charge < -0.3 is 15.6 Å². The van der Waals surface area contributed by atoms with Gasteiger partial charge in [-0.15, -0.1) is 0 Å². The van der Waals surface area contributed by atoms with Crippen molar-refractivity contribution in [3.05, 3.63) is 34.9 Å². The summed E-state index contributed by atoms with van der Waals surface area (Å²) in [6, 6.07) is 5.78. The summed E-state index contributed by atoms with van der Waals surface area (Å²) in [4.78, 5) is 10.8. The number of carbonyl (C=O) groups is 1. The molecule has 2 rings (SSSR count). The van der Waals surface area contributed by atoms with E-state index < -0.39 is 12.0 Å². The minimum Gasteiger partial charge on any atom is -0.481 e. The zero-order chi connectivity index (χ0) is 13.3. The SMILES string of the molecule is Cc1ccc(C2(C(N)CC(=O)O)COC2)c(C)c1. The molecule has 1 heterocycles. The number of carboxylic acid groups (broad SMARTS) is 1. The van der Waals surface area contributed by atoms with Gasteiger partial charge in [0.25, 0.3) is 0 Å². The van der Waals surface area contributed by atoms with Crippen molar-refractivity contribution in [1.29, 1.82) is 0 Å². The third kappa shape index (κ3) is 2.13. The quantitative estimate of drug-likeness (QED) is 0.845. The molecule has 4 nitrogen and oxygen atoms in total. The van der Waals surface area contributed by atoms with E-state index in [9.17, 15) is 4.79 Å². The minimum absolute atomic E-state index is 0.0311. The van der Waals surface area contributed by atoms with Gasteiger partial charge in [-0.3, -0.25) is 4.79 Å². The number of nitrogens with two attached hydrogens (primary N) is 1. The maximum Gasteiger partial charge on any atom is 0.304 e. The Balaban J connectivity index is 2.34. The highest BCUT2D eigenvalue weighted by Gasteiger charge is 2.46. The lowest BCUT2D eigenvalue weighted by atomic mass is 9.70. The number of hydrogen-bond donors (Lipinski definition) is 2. The summed E-state index contributed by atoms with van der Waals surface area (Å²) < 4.78 is 5.31. The summed E-state index contributed by atoms with van der Waals surface area (Å²) in [5.74, 6) is -0.862. The Morgan fingerprint density at radius 3 is 2.61 bits per heavy atom. The Hall–Kier alpha value is -1.39. The van der Waals surface area contributed by atoms with E-state index in [-0.39, 0.29) is 11.8 Å². The molecular weight excluding hydrogens is 230 g/mol. The molecule has 0 aromatic heterocycles. The van der Waals surface area contributed by atoms with Gasteiger partial charge in [-0.05, 0) is 25.0 Å². The predicted octanol–water partition coefficient (Wildman–Crippen LogP) is 1.37. The molecule has 1 aliphatic heterocycles. The second-order valence-electron chi connectivity index (χ2n) is 5.17. The normalized spacial score (nSPS) is 19.1. The fourth-order valence-electron chi connectivity index (χ4n) is 2.65. The first-order chi connectivity index (χ1) is 8.45. The number of hydrogen-bond acceptors (Lipinski definition) is 3. The molecule has 1 atom stereocenters. The number of aliphatic carboxylic acids is 1. The molecule has 4 heteroatoms. The first-order valence-corrected chi connectivity index (χ1v) is 6.08. The molecular formula is C14H19NO3. The van der Waals surface area contributed by atoms with Crippen molar-refractivity contribution in [2.24, 2.45) is 5.73 Å². The van der Waals surface area contributed by atoms with Gasteiger partial charge in [0.15, 0.2) is 0 Å². The summed E-state index contributed by atoms with van der Waals surface area (Å²) >= 11 is 0. The van der Waals surface area contributed by atoms with Crippen LogP contribution in [0, 0.1) is 13.8 Å². The van der Waals surface area contributed by atoms with Gasteiger partial charge in [0, 0.05) is 6.04 Å². The second kappa shape index (κ2) is 4.71. The van der Waals surface area contributed by atoms with E-state index in [2.05, 4.69) is 12.1 Å². The van der Waals surface area contributed by atoms with Crippen molar-refractivity contribution in [3.8, 4) is 0 Å². The lowest BCUT2D eigenvalue weighted by Crippen LogP contribution is -2.59. The van der Waals surface area contributed by atoms with E-state index in [1.54, 1.807) is 0 Å². The Labute approximate surface area is 107 Å². The first-order valence-electron chi connectivity index (χ1n) is 6.08. The van der Waals surface area contributed by atoms with Crippen LogP contribution in [0.15, 0.2) is 18.2 Å². The van der Waals surface area contributed by atoms with Crippen LogP contribution in [0.5, 0.6) is 0 Å². The van der Waals surface area contributed by atoms with Gasteiger partial charge in [0.05, 0.1) is 25.0 Å². The van der Waals surface area contributed by atoms with E-state index in [4.69, 9.17) is 15.6 Å². The van der Waals surface area contributed by atoms with Crippen molar-refractivity contribution >= 4 is 5.97 Å². The number of carboxylic acids is 1. The fraction of sp³-hybridized carbons (Fsp3) is 0.500. The van der Waals surface area contributed by atoms with Crippen LogP contribution in [0.4, 0.5) is 0 Å². The molecule has 1 fully saturated rings. The zero-order valence-corrected chi connectivity index (χ0v) is 10.8. The molecule has 1 unspecified atom stereocenters. The molecule has 1 aromatic rings.